The fraction of sp³-hybridized carbons (Fsp3) is 0.125. The summed E-state index contributed by atoms with van der Waals surface area (Å²) in [4.78, 5) is 4.72. The van der Waals surface area contributed by atoms with Crippen molar-refractivity contribution >= 4 is 34.3 Å². The van der Waals surface area contributed by atoms with Crippen molar-refractivity contribution in [1.29, 1.82) is 0 Å². The van der Waals surface area contributed by atoms with E-state index in [1.54, 1.807) is 12.1 Å². The normalized spacial score (nSPS) is 15.5. The highest BCUT2D eigenvalue weighted by Crippen LogP contribution is 2.41. The Morgan fingerprint density at radius 2 is 1.84 bits per heavy atom. The van der Waals surface area contributed by atoms with Gasteiger partial charge in [-0.2, -0.15) is 8.78 Å². The minimum atomic E-state index is -2.94. The highest BCUT2D eigenvalue weighted by molar-refractivity contribution is 6.30. The molecule has 1 aliphatic heterocycles. The quantitative estimate of drug-likeness (QED) is 0.388. The summed E-state index contributed by atoms with van der Waals surface area (Å²) in [6, 6.07) is 20.0. The Balaban J connectivity index is 1.74. The molecule has 0 saturated heterocycles. The maximum atomic E-state index is 13.1. The fourth-order valence-corrected chi connectivity index (χ4v) is 4.07. The van der Waals surface area contributed by atoms with Gasteiger partial charge < -0.3 is 10.1 Å². The van der Waals surface area contributed by atoms with E-state index in [1.807, 2.05) is 66.1 Å². The zero-order valence-electron chi connectivity index (χ0n) is 16.5. The van der Waals surface area contributed by atoms with Crippen molar-refractivity contribution in [2.75, 3.05) is 5.32 Å². The van der Waals surface area contributed by atoms with Crippen LogP contribution in [0.1, 0.15) is 22.7 Å². The van der Waals surface area contributed by atoms with E-state index in [4.69, 9.17) is 21.3 Å². The van der Waals surface area contributed by atoms with Gasteiger partial charge in [0.1, 0.15) is 5.75 Å². The summed E-state index contributed by atoms with van der Waals surface area (Å²) in [5, 5.41) is 3.82. The number of hydrogen-bond acceptors (Lipinski definition) is 3. The first-order valence-electron chi connectivity index (χ1n) is 9.77. The molecule has 31 heavy (non-hydrogen) atoms. The first-order chi connectivity index (χ1) is 15.0. The van der Waals surface area contributed by atoms with Crippen LogP contribution in [0.15, 0.2) is 72.8 Å². The molecule has 1 aliphatic rings. The van der Waals surface area contributed by atoms with E-state index in [2.05, 4.69) is 5.32 Å². The summed E-state index contributed by atoms with van der Waals surface area (Å²) in [6.45, 7) is -0.921. The Morgan fingerprint density at radius 3 is 2.61 bits per heavy atom. The van der Waals surface area contributed by atoms with Crippen LogP contribution >= 0.6 is 11.6 Å². The van der Waals surface area contributed by atoms with E-state index < -0.39 is 12.7 Å². The SMILES string of the molecule is Cc1ccc(C2=CC(c3cc(Cl)ccc3OC(F)F)n3c(nc4ccccc43)N2)cc1. The molecule has 5 rings (SSSR count). The Hall–Kier alpha value is -3.38. The zero-order valence-corrected chi connectivity index (χ0v) is 17.3. The predicted molar refractivity (Wildman–Crippen MR) is 119 cm³/mol. The number of benzene rings is 3. The lowest BCUT2D eigenvalue weighted by molar-refractivity contribution is -0.0505. The molecule has 156 valence electrons. The lowest BCUT2D eigenvalue weighted by Gasteiger charge is -2.28. The summed E-state index contributed by atoms with van der Waals surface area (Å²) < 4.78 is 33.1. The van der Waals surface area contributed by atoms with Crippen molar-refractivity contribution in [2.45, 2.75) is 19.6 Å². The minimum Gasteiger partial charge on any atom is -0.434 e. The Labute approximate surface area is 182 Å². The largest absolute Gasteiger partial charge is 0.434 e. The van der Waals surface area contributed by atoms with Crippen molar-refractivity contribution in [3.05, 3.63) is 94.5 Å². The number of alkyl halides is 2. The zero-order chi connectivity index (χ0) is 21.5. The number of aryl methyl sites for hydroxylation is 1. The summed E-state index contributed by atoms with van der Waals surface area (Å²) >= 11 is 6.26. The number of fused-ring (bicyclic) bond motifs is 3. The molecule has 4 nitrogen and oxygen atoms in total. The number of aromatic nitrogens is 2. The summed E-state index contributed by atoms with van der Waals surface area (Å²) in [7, 11) is 0. The van der Waals surface area contributed by atoms with Crippen molar-refractivity contribution in [3.63, 3.8) is 0 Å². The van der Waals surface area contributed by atoms with Crippen LogP contribution in [0.25, 0.3) is 16.7 Å². The van der Waals surface area contributed by atoms with E-state index in [0.717, 1.165) is 27.9 Å². The van der Waals surface area contributed by atoms with Crippen LogP contribution < -0.4 is 10.1 Å². The number of ether oxygens (including phenoxy) is 1. The topological polar surface area (TPSA) is 39.1 Å². The first-order valence-corrected chi connectivity index (χ1v) is 10.1. The molecule has 3 aromatic carbocycles. The number of para-hydroxylation sites is 2. The highest BCUT2D eigenvalue weighted by Gasteiger charge is 2.28. The number of halogens is 3. The molecule has 2 heterocycles. The molecule has 0 spiro atoms. The van der Waals surface area contributed by atoms with Crippen molar-refractivity contribution in [2.24, 2.45) is 0 Å². The third-order valence-corrected chi connectivity index (χ3v) is 5.55. The van der Waals surface area contributed by atoms with Gasteiger partial charge in [0.15, 0.2) is 0 Å². The minimum absolute atomic E-state index is 0.0783. The van der Waals surface area contributed by atoms with Gasteiger partial charge in [0.05, 0.1) is 17.1 Å². The van der Waals surface area contributed by atoms with Crippen LogP contribution in [0.2, 0.25) is 5.02 Å². The van der Waals surface area contributed by atoms with Gasteiger partial charge in [-0.05, 0) is 48.9 Å². The van der Waals surface area contributed by atoms with Crippen molar-refractivity contribution < 1.29 is 13.5 Å². The maximum absolute atomic E-state index is 13.1. The molecule has 1 atom stereocenters. The molecule has 4 aromatic rings. The molecule has 1 unspecified atom stereocenters. The van der Waals surface area contributed by atoms with Gasteiger partial charge >= 0.3 is 6.61 Å². The number of hydrogen-bond donors (Lipinski definition) is 1. The molecular weight excluding hydrogens is 420 g/mol. The molecule has 1 N–H and O–H groups in total. The van der Waals surface area contributed by atoms with Crippen LogP contribution in [0.3, 0.4) is 0 Å². The van der Waals surface area contributed by atoms with E-state index in [-0.39, 0.29) is 5.75 Å². The van der Waals surface area contributed by atoms with E-state index in [0.29, 0.717) is 16.5 Å². The van der Waals surface area contributed by atoms with Gasteiger partial charge in [0.25, 0.3) is 0 Å². The Bertz CT molecular complexity index is 1300. The Kier molecular flexibility index (Phi) is 4.87. The number of allylic oxidation sites excluding steroid dienone is 1. The van der Waals surface area contributed by atoms with Crippen LogP contribution in [0.4, 0.5) is 14.7 Å². The molecule has 0 aliphatic carbocycles. The summed E-state index contributed by atoms with van der Waals surface area (Å²) in [5.41, 5.74) is 5.14. The van der Waals surface area contributed by atoms with Crippen LogP contribution in [0.5, 0.6) is 5.75 Å². The maximum Gasteiger partial charge on any atom is 0.387 e. The molecule has 7 heteroatoms. The van der Waals surface area contributed by atoms with E-state index >= 15 is 0 Å². The molecule has 0 saturated carbocycles. The molecular formula is C24H18ClF2N3O. The van der Waals surface area contributed by atoms with Crippen LogP contribution in [-0.4, -0.2) is 16.2 Å². The lowest BCUT2D eigenvalue weighted by Crippen LogP contribution is -2.20. The monoisotopic (exact) mass is 437 g/mol. The molecule has 0 fully saturated rings. The van der Waals surface area contributed by atoms with Gasteiger partial charge in [-0.25, -0.2) is 4.98 Å². The predicted octanol–water partition coefficient (Wildman–Crippen LogP) is 6.66. The average molecular weight is 438 g/mol. The van der Waals surface area contributed by atoms with Crippen molar-refractivity contribution in [3.8, 4) is 5.75 Å². The molecule has 0 radical (unpaired) electrons. The second-order valence-electron chi connectivity index (χ2n) is 7.37. The Morgan fingerprint density at radius 1 is 1.06 bits per heavy atom. The highest BCUT2D eigenvalue weighted by atomic mass is 35.5. The molecule has 0 amide bonds. The van der Waals surface area contributed by atoms with Gasteiger partial charge in [-0.1, -0.05) is 53.6 Å². The third kappa shape index (κ3) is 3.64. The number of imidazole rings is 1. The van der Waals surface area contributed by atoms with Gasteiger partial charge in [0, 0.05) is 16.3 Å². The van der Waals surface area contributed by atoms with Crippen molar-refractivity contribution in [1.82, 2.24) is 9.55 Å². The molecule has 1 aromatic heterocycles. The van der Waals surface area contributed by atoms with Gasteiger partial charge in [-0.3, -0.25) is 4.57 Å². The van der Waals surface area contributed by atoms with Gasteiger partial charge in [0.2, 0.25) is 5.95 Å². The summed E-state index contributed by atoms with van der Waals surface area (Å²) in [6.07, 6.45) is 1.98. The first kappa shape index (κ1) is 19.6. The lowest BCUT2D eigenvalue weighted by atomic mass is 9.99. The number of nitrogens with zero attached hydrogens (tertiary/aromatic N) is 2. The van der Waals surface area contributed by atoms with E-state index in [1.165, 1.54) is 6.07 Å². The third-order valence-electron chi connectivity index (χ3n) is 5.31. The summed E-state index contributed by atoms with van der Waals surface area (Å²) in [5.74, 6) is 0.696. The van der Waals surface area contributed by atoms with E-state index in [9.17, 15) is 8.78 Å². The van der Waals surface area contributed by atoms with Gasteiger partial charge in [-0.15, -0.1) is 0 Å². The smallest absolute Gasteiger partial charge is 0.387 e. The van der Waals surface area contributed by atoms with Crippen LogP contribution in [-0.2, 0) is 0 Å². The number of anilines is 1. The second kappa shape index (κ2) is 7.71. The average Bonchev–Trinajstić information content (AvgIpc) is 3.13. The number of nitrogens with one attached hydrogen (secondary N) is 1. The fourth-order valence-electron chi connectivity index (χ4n) is 3.89. The second-order valence-corrected chi connectivity index (χ2v) is 7.81. The standard InChI is InChI=1S/C24H18ClF2N3O/c1-14-6-8-15(9-7-14)19-13-21(17-12-16(25)10-11-22(17)31-23(26)27)30-20-5-3-2-4-18(20)28-24(30)29-19/h2-13,21,23H,1H3,(H,28,29). The number of rotatable bonds is 4. The van der Waals surface area contributed by atoms with Crippen LogP contribution in [0, 0.1) is 6.92 Å². The molecule has 0 bridgehead atoms.